The molecule has 1 N–H and O–H groups in total. The SMILES string of the molecule is COc1ccc(S(=O)(=O)NC(Cc2ccccc2)C2CC(Cc3ccccc3)=NO2)cc1. The maximum Gasteiger partial charge on any atom is 0.240 e. The summed E-state index contributed by atoms with van der Waals surface area (Å²) in [7, 11) is -2.21. The van der Waals surface area contributed by atoms with E-state index in [0.29, 0.717) is 25.0 Å². The summed E-state index contributed by atoms with van der Waals surface area (Å²) in [6, 6.07) is 25.7. The predicted molar refractivity (Wildman–Crippen MR) is 124 cm³/mol. The molecule has 7 heteroatoms. The van der Waals surface area contributed by atoms with Crippen molar-refractivity contribution >= 4 is 15.7 Å². The monoisotopic (exact) mass is 450 g/mol. The minimum Gasteiger partial charge on any atom is -0.497 e. The van der Waals surface area contributed by atoms with E-state index in [0.717, 1.165) is 16.8 Å². The maximum absolute atomic E-state index is 13.1. The van der Waals surface area contributed by atoms with E-state index >= 15 is 0 Å². The third-order valence-electron chi connectivity index (χ3n) is 5.43. The number of nitrogens with one attached hydrogen (secondary N) is 1. The molecule has 0 aliphatic carbocycles. The molecular formula is C25H26N2O4S. The zero-order valence-electron chi connectivity index (χ0n) is 17.8. The van der Waals surface area contributed by atoms with Gasteiger partial charge in [-0.25, -0.2) is 13.1 Å². The molecule has 2 atom stereocenters. The third kappa shape index (κ3) is 5.55. The number of methoxy groups -OCH3 is 1. The molecule has 0 saturated carbocycles. The van der Waals surface area contributed by atoms with E-state index in [1.54, 1.807) is 19.2 Å². The van der Waals surface area contributed by atoms with Gasteiger partial charge in [0.15, 0.2) is 0 Å². The topological polar surface area (TPSA) is 77.0 Å². The quantitative estimate of drug-likeness (QED) is 0.535. The number of ether oxygens (including phenoxy) is 1. The fraction of sp³-hybridized carbons (Fsp3) is 0.240. The standard InChI is InChI=1S/C25H26N2O4S/c1-30-22-12-14-23(15-13-22)32(28,29)27-24(17-20-10-6-3-7-11-20)25-18-21(26-31-25)16-19-8-4-2-5-9-19/h2-15,24-25,27H,16-18H2,1H3. The molecule has 166 valence electrons. The Hall–Kier alpha value is -3.16. The summed E-state index contributed by atoms with van der Waals surface area (Å²) in [5.74, 6) is 0.600. The largest absolute Gasteiger partial charge is 0.497 e. The van der Waals surface area contributed by atoms with E-state index in [2.05, 4.69) is 9.88 Å². The third-order valence-corrected chi connectivity index (χ3v) is 6.93. The van der Waals surface area contributed by atoms with Crippen molar-refractivity contribution < 1.29 is 18.0 Å². The van der Waals surface area contributed by atoms with E-state index in [1.165, 1.54) is 12.1 Å². The molecule has 0 spiro atoms. The van der Waals surface area contributed by atoms with Crippen molar-refractivity contribution in [1.82, 2.24) is 4.72 Å². The normalized spacial score (nSPS) is 16.8. The number of benzene rings is 3. The number of nitrogens with zero attached hydrogens (tertiary/aromatic N) is 1. The van der Waals surface area contributed by atoms with Crippen molar-refractivity contribution in [2.45, 2.75) is 36.3 Å². The smallest absolute Gasteiger partial charge is 0.240 e. The van der Waals surface area contributed by atoms with Gasteiger partial charge < -0.3 is 9.57 Å². The van der Waals surface area contributed by atoms with Crippen molar-refractivity contribution in [2.24, 2.45) is 5.16 Å². The summed E-state index contributed by atoms with van der Waals surface area (Å²) in [6.07, 6.45) is 1.36. The summed E-state index contributed by atoms with van der Waals surface area (Å²) in [4.78, 5) is 5.91. The first-order valence-corrected chi connectivity index (χ1v) is 12.0. The zero-order chi connectivity index (χ0) is 22.4. The second-order valence-electron chi connectivity index (χ2n) is 7.76. The molecule has 0 bridgehead atoms. The average molecular weight is 451 g/mol. The molecule has 0 radical (unpaired) electrons. The van der Waals surface area contributed by atoms with E-state index in [4.69, 9.17) is 9.57 Å². The van der Waals surface area contributed by atoms with Crippen LogP contribution in [0, 0.1) is 0 Å². The average Bonchev–Trinajstić information content (AvgIpc) is 3.28. The molecule has 1 aliphatic rings. The van der Waals surface area contributed by atoms with Crippen LogP contribution in [0.3, 0.4) is 0 Å². The molecule has 0 saturated heterocycles. The first-order valence-electron chi connectivity index (χ1n) is 10.5. The molecule has 4 rings (SSSR count). The molecule has 0 aromatic heterocycles. The molecular weight excluding hydrogens is 424 g/mol. The van der Waals surface area contributed by atoms with Gasteiger partial charge >= 0.3 is 0 Å². The molecule has 0 fully saturated rings. The van der Waals surface area contributed by atoms with Gasteiger partial charge in [-0.3, -0.25) is 0 Å². The second kappa shape index (κ2) is 9.97. The van der Waals surface area contributed by atoms with Crippen molar-refractivity contribution in [3.05, 3.63) is 96.1 Å². The van der Waals surface area contributed by atoms with Crippen LogP contribution in [0.5, 0.6) is 5.75 Å². The predicted octanol–water partition coefficient (Wildman–Crippen LogP) is 3.97. The number of sulfonamides is 1. The van der Waals surface area contributed by atoms with Gasteiger partial charge in [0.25, 0.3) is 0 Å². The summed E-state index contributed by atoms with van der Waals surface area (Å²) in [5.41, 5.74) is 3.08. The molecule has 3 aromatic carbocycles. The highest BCUT2D eigenvalue weighted by molar-refractivity contribution is 7.89. The van der Waals surface area contributed by atoms with Crippen LogP contribution >= 0.6 is 0 Å². The zero-order valence-corrected chi connectivity index (χ0v) is 18.7. The van der Waals surface area contributed by atoms with Crippen LogP contribution in [-0.2, 0) is 27.7 Å². The Morgan fingerprint density at radius 2 is 1.59 bits per heavy atom. The molecule has 0 amide bonds. The van der Waals surface area contributed by atoms with Crippen molar-refractivity contribution in [2.75, 3.05) is 7.11 Å². The van der Waals surface area contributed by atoms with Gasteiger partial charge in [0.2, 0.25) is 10.0 Å². The molecule has 1 heterocycles. The lowest BCUT2D eigenvalue weighted by atomic mass is 9.97. The first-order chi connectivity index (χ1) is 15.5. The van der Waals surface area contributed by atoms with Crippen LogP contribution in [0.25, 0.3) is 0 Å². The van der Waals surface area contributed by atoms with Crippen LogP contribution < -0.4 is 9.46 Å². The Balaban J connectivity index is 1.51. The molecule has 6 nitrogen and oxygen atoms in total. The van der Waals surface area contributed by atoms with Crippen LogP contribution in [0.4, 0.5) is 0 Å². The van der Waals surface area contributed by atoms with Crippen LogP contribution in [0.1, 0.15) is 17.5 Å². The number of hydrogen-bond donors (Lipinski definition) is 1. The fourth-order valence-corrected chi connectivity index (χ4v) is 5.00. The summed E-state index contributed by atoms with van der Waals surface area (Å²) in [5, 5.41) is 4.27. The number of hydrogen-bond acceptors (Lipinski definition) is 5. The summed E-state index contributed by atoms with van der Waals surface area (Å²) in [6.45, 7) is 0. The lowest BCUT2D eigenvalue weighted by molar-refractivity contribution is 0.0615. The fourth-order valence-electron chi connectivity index (χ4n) is 3.74. The Kier molecular flexibility index (Phi) is 6.87. The van der Waals surface area contributed by atoms with Gasteiger partial charge in [0.05, 0.1) is 23.8 Å². The Morgan fingerprint density at radius 1 is 0.969 bits per heavy atom. The molecule has 1 aliphatic heterocycles. The Bertz CT molecular complexity index is 1150. The highest BCUT2D eigenvalue weighted by atomic mass is 32.2. The van der Waals surface area contributed by atoms with Gasteiger partial charge in [-0.05, 0) is 41.8 Å². The number of rotatable bonds is 9. The summed E-state index contributed by atoms with van der Waals surface area (Å²) >= 11 is 0. The van der Waals surface area contributed by atoms with Crippen LogP contribution in [0.2, 0.25) is 0 Å². The molecule has 32 heavy (non-hydrogen) atoms. The van der Waals surface area contributed by atoms with Crippen molar-refractivity contribution in [1.29, 1.82) is 0 Å². The van der Waals surface area contributed by atoms with Crippen molar-refractivity contribution in [3.8, 4) is 5.75 Å². The van der Waals surface area contributed by atoms with Crippen LogP contribution in [0.15, 0.2) is 95.0 Å². The minimum absolute atomic E-state index is 0.180. The van der Waals surface area contributed by atoms with E-state index in [1.807, 2.05) is 60.7 Å². The van der Waals surface area contributed by atoms with Crippen LogP contribution in [-0.4, -0.2) is 33.4 Å². The number of oxime groups is 1. The van der Waals surface area contributed by atoms with Gasteiger partial charge in [0.1, 0.15) is 11.9 Å². The van der Waals surface area contributed by atoms with E-state index in [9.17, 15) is 8.42 Å². The maximum atomic E-state index is 13.1. The Labute approximate surface area is 188 Å². The highest BCUT2D eigenvalue weighted by Crippen LogP contribution is 2.22. The van der Waals surface area contributed by atoms with Gasteiger partial charge in [-0.1, -0.05) is 65.8 Å². The van der Waals surface area contributed by atoms with Gasteiger partial charge in [0, 0.05) is 12.8 Å². The molecule has 2 unspecified atom stereocenters. The highest BCUT2D eigenvalue weighted by Gasteiger charge is 2.33. The minimum atomic E-state index is -3.75. The lowest BCUT2D eigenvalue weighted by Gasteiger charge is -2.23. The van der Waals surface area contributed by atoms with E-state index < -0.39 is 16.1 Å². The van der Waals surface area contributed by atoms with E-state index in [-0.39, 0.29) is 11.0 Å². The molecule has 3 aromatic rings. The van der Waals surface area contributed by atoms with Gasteiger partial charge in [-0.15, -0.1) is 0 Å². The first kappa shape index (κ1) is 22.0. The second-order valence-corrected chi connectivity index (χ2v) is 9.47. The van der Waals surface area contributed by atoms with Crippen molar-refractivity contribution in [3.63, 3.8) is 0 Å². The Morgan fingerprint density at radius 3 is 2.22 bits per heavy atom. The summed E-state index contributed by atoms with van der Waals surface area (Å²) < 4.78 is 34.2. The van der Waals surface area contributed by atoms with Gasteiger partial charge in [-0.2, -0.15) is 0 Å². The lowest BCUT2D eigenvalue weighted by Crippen LogP contribution is -2.45.